The van der Waals surface area contributed by atoms with Crippen molar-refractivity contribution >= 4 is 16.7 Å². The van der Waals surface area contributed by atoms with Gasteiger partial charge in [0.15, 0.2) is 0 Å². The molecule has 1 heterocycles. The maximum Gasteiger partial charge on any atom is 0.420 e. The summed E-state index contributed by atoms with van der Waals surface area (Å²) in [5.74, 6) is -0.103. The number of carboxylic acid groups (broad SMARTS) is 1. The summed E-state index contributed by atoms with van der Waals surface area (Å²) in [6, 6.07) is 8.50. The van der Waals surface area contributed by atoms with Crippen LogP contribution in [0.2, 0.25) is 0 Å². The molecule has 7 heteroatoms. The number of nitrogens with zero attached hydrogens (tertiary/aromatic N) is 1. The van der Waals surface area contributed by atoms with Gasteiger partial charge in [0.2, 0.25) is 0 Å². The average molecular weight is 478 g/mol. The fourth-order valence-electron chi connectivity index (χ4n) is 5.47. The third-order valence-corrected chi connectivity index (χ3v) is 7.37. The Hall–Kier alpha value is -2.28. The van der Waals surface area contributed by atoms with Crippen LogP contribution in [0.3, 0.4) is 0 Å². The number of aliphatic carboxylic acids is 1. The van der Waals surface area contributed by atoms with Gasteiger partial charge in [-0.05, 0) is 85.7 Å². The maximum atomic E-state index is 14.2. The standard InChI is InChI=1S/C27H34F3NO3/c1-18-4-9-22(10-5-18)34-24-11-8-21-7-6-19(15-23(21)26(24)27(28,29)30)12-14-31-13-2-3-20(17-31)16-25(32)33/h6-8,11,15,18,20,22H,2-5,9-10,12-14,16-17H2,1H3,(H,32,33). The van der Waals surface area contributed by atoms with Gasteiger partial charge in [0.05, 0.1) is 6.10 Å². The predicted molar refractivity (Wildman–Crippen MR) is 126 cm³/mol. The van der Waals surface area contributed by atoms with Crippen molar-refractivity contribution < 1.29 is 27.8 Å². The third-order valence-electron chi connectivity index (χ3n) is 7.37. The fourth-order valence-corrected chi connectivity index (χ4v) is 5.47. The first-order valence-corrected chi connectivity index (χ1v) is 12.4. The molecule has 2 aliphatic rings. The number of alkyl halides is 3. The van der Waals surface area contributed by atoms with Gasteiger partial charge in [-0.25, -0.2) is 0 Å². The summed E-state index contributed by atoms with van der Waals surface area (Å²) < 4.78 is 48.6. The van der Waals surface area contributed by atoms with Crippen molar-refractivity contribution in [3.8, 4) is 5.75 Å². The van der Waals surface area contributed by atoms with Gasteiger partial charge in [-0.15, -0.1) is 0 Å². The summed E-state index contributed by atoms with van der Waals surface area (Å²) in [6.07, 6.45) is 1.52. The molecule has 0 radical (unpaired) electrons. The minimum absolute atomic E-state index is 0.0655. The summed E-state index contributed by atoms with van der Waals surface area (Å²) >= 11 is 0. The molecule has 1 aliphatic heterocycles. The number of benzene rings is 2. The van der Waals surface area contributed by atoms with Crippen LogP contribution in [0.15, 0.2) is 30.3 Å². The Morgan fingerprint density at radius 2 is 1.85 bits per heavy atom. The number of hydrogen-bond donors (Lipinski definition) is 1. The summed E-state index contributed by atoms with van der Waals surface area (Å²) in [7, 11) is 0. The SMILES string of the molecule is CC1CCC(Oc2ccc3ccc(CCN4CCCC(CC(=O)O)C4)cc3c2C(F)(F)F)CC1. The number of carboxylic acids is 1. The third kappa shape index (κ3) is 6.23. The smallest absolute Gasteiger partial charge is 0.420 e. The zero-order valence-corrected chi connectivity index (χ0v) is 19.7. The molecule has 1 saturated carbocycles. The summed E-state index contributed by atoms with van der Waals surface area (Å²) in [5, 5.41) is 9.81. The Morgan fingerprint density at radius 3 is 2.56 bits per heavy atom. The number of likely N-dealkylation sites (tertiary alicyclic amines) is 1. The molecular weight excluding hydrogens is 443 g/mol. The van der Waals surface area contributed by atoms with Crippen LogP contribution < -0.4 is 4.74 Å². The second kappa shape index (κ2) is 10.5. The maximum absolute atomic E-state index is 14.2. The van der Waals surface area contributed by atoms with Gasteiger partial charge >= 0.3 is 12.1 Å². The average Bonchev–Trinajstić information content (AvgIpc) is 2.78. The van der Waals surface area contributed by atoms with Gasteiger partial charge in [0.1, 0.15) is 11.3 Å². The van der Waals surface area contributed by atoms with E-state index >= 15 is 0 Å². The van der Waals surface area contributed by atoms with E-state index in [2.05, 4.69) is 11.8 Å². The fraction of sp³-hybridized carbons (Fsp3) is 0.593. The Morgan fingerprint density at radius 1 is 1.12 bits per heavy atom. The second-order valence-corrected chi connectivity index (χ2v) is 10.1. The van der Waals surface area contributed by atoms with Crippen molar-refractivity contribution in [3.05, 3.63) is 41.5 Å². The lowest BCUT2D eigenvalue weighted by Gasteiger charge is -2.32. The van der Waals surface area contributed by atoms with Crippen molar-refractivity contribution in [2.45, 2.75) is 70.6 Å². The van der Waals surface area contributed by atoms with Gasteiger partial charge in [0, 0.05) is 19.5 Å². The number of fused-ring (bicyclic) bond motifs is 1. The Bertz CT molecular complexity index is 999. The van der Waals surface area contributed by atoms with Crippen molar-refractivity contribution in [1.82, 2.24) is 4.90 Å². The molecule has 34 heavy (non-hydrogen) atoms. The van der Waals surface area contributed by atoms with Crippen LogP contribution in [0, 0.1) is 11.8 Å². The molecular formula is C27H34F3NO3. The van der Waals surface area contributed by atoms with E-state index in [0.717, 1.165) is 57.2 Å². The zero-order valence-electron chi connectivity index (χ0n) is 19.7. The molecule has 2 aromatic rings. The minimum Gasteiger partial charge on any atom is -0.490 e. The lowest BCUT2D eigenvalue weighted by Crippen LogP contribution is -2.37. The van der Waals surface area contributed by atoms with Crippen molar-refractivity contribution in [1.29, 1.82) is 0 Å². The van der Waals surface area contributed by atoms with E-state index in [-0.39, 0.29) is 29.6 Å². The van der Waals surface area contributed by atoms with E-state index in [9.17, 15) is 18.0 Å². The van der Waals surface area contributed by atoms with E-state index in [1.165, 1.54) is 6.07 Å². The number of hydrogen-bond acceptors (Lipinski definition) is 3. The van der Waals surface area contributed by atoms with Crippen LogP contribution in [0.1, 0.15) is 63.0 Å². The topological polar surface area (TPSA) is 49.8 Å². The molecule has 0 aromatic heterocycles. The summed E-state index contributed by atoms with van der Waals surface area (Å²) in [4.78, 5) is 13.3. The van der Waals surface area contributed by atoms with Crippen LogP contribution in [0.4, 0.5) is 13.2 Å². The van der Waals surface area contributed by atoms with E-state index in [0.29, 0.717) is 24.3 Å². The van der Waals surface area contributed by atoms with Crippen LogP contribution in [-0.2, 0) is 17.4 Å². The zero-order chi connectivity index (χ0) is 24.3. The number of halogens is 3. The molecule has 1 N–H and O–H groups in total. The highest BCUT2D eigenvalue weighted by Crippen LogP contribution is 2.43. The highest BCUT2D eigenvalue weighted by atomic mass is 19.4. The number of piperidine rings is 1. The van der Waals surface area contributed by atoms with Gasteiger partial charge in [-0.1, -0.05) is 31.2 Å². The summed E-state index contributed by atoms with van der Waals surface area (Å²) in [6.45, 7) is 4.51. The van der Waals surface area contributed by atoms with E-state index in [4.69, 9.17) is 9.84 Å². The lowest BCUT2D eigenvalue weighted by atomic mass is 9.89. The first kappa shape index (κ1) is 24.8. The Kier molecular flexibility index (Phi) is 7.70. The monoisotopic (exact) mass is 477 g/mol. The first-order chi connectivity index (χ1) is 16.2. The predicted octanol–water partition coefficient (Wildman–Crippen LogP) is 6.55. The second-order valence-electron chi connectivity index (χ2n) is 10.1. The van der Waals surface area contributed by atoms with Gasteiger partial charge in [-0.2, -0.15) is 13.2 Å². The van der Waals surface area contributed by atoms with Crippen molar-refractivity contribution in [2.75, 3.05) is 19.6 Å². The molecule has 1 unspecified atom stereocenters. The molecule has 0 amide bonds. The van der Waals surface area contributed by atoms with Crippen LogP contribution in [0.25, 0.3) is 10.8 Å². The molecule has 1 saturated heterocycles. The quantitative estimate of drug-likeness (QED) is 0.492. The molecule has 1 atom stereocenters. The van der Waals surface area contributed by atoms with Crippen molar-refractivity contribution in [2.24, 2.45) is 11.8 Å². The van der Waals surface area contributed by atoms with E-state index in [1.807, 2.05) is 6.07 Å². The molecule has 4 nitrogen and oxygen atoms in total. The van der Waals surface area contributed by atoms with E-state index < -0.39 is 17.7 Å². The van der Waals surface area contributed by atoms with Crippen LogP contribution in [0.5, 0.6) is 5.75 Å². The molecule has 186 valence electrons. The summed E-state index contributed by atoms with van der Waals surface area (Å²) in [5.41, 5.74) is 0.173. The molecule has 4 rings (SSSR count). The Balaban J connectivity index is 1.52. The largest absolute Gasteiger partial charge is 0.490 e. The molecule has 1 aliphatic carbocycles. The normalized spacial score (nSPS) is 24.3. The lowest BCUT2D eigenvalue weighted by molar-refractivity contribution is -0.139. The van der Waals surface area contributed by atoms with Crippen molar-refractivity contribution in [3.63, 3.8) is 0 Å². The number of carbonyl (C=O) groups is 1. The molecule has 2 fully saturated rings. The first-order valence-electron chi connectivity index (χ1n) is 12.4. The van der Waals surface area contributed by atoms with E-state index in [1.54, 1.807) is 18.2 Å². The molecule has 2 aromatic carbocycles. The van der Waals surface area contributed by atoms with Gasteiger partial charge in [0.25, 0.3) is 0 Å². The van der Waals surface area contributed by atoms with Crippen LogP contribution >= 0.6 is 0 Å². The number of rotatable bonds is 7. The highest BCUT2D eigenvalue weighted by molar-refractivity contribution is 5.89. The molecule has 0 spiro atoms. The minimum atomic E-state index is -4.51. The molecule has 0 bridgehead atoms. The number of ether oxygens (including phenoxy) is 1. The van der Waals surface area contributed by atoms with Gasteiger partial charge in [-0.3, -0.25) is 4.79 Å². The Labute approximate surface area is 199 Å². The van der Waals surface area contributed by atoms with Crippen LogP contribution in [-0.4, -0.2) is 41.7 Å². The highest BCUT2D eigenvalue weighted by Gasteiger charge is 2.37. The van der Waals surface area contributed by atoms with Gasteiger partial charge < -0.3 is 14.7 Å².